The van der Waals surface area contributed by atoms with Crippen molar-refractivity contribution in [3.8, 4) is 11.5 Å². The molecule has 0 spiro atoms. The highest BCUT2D eigenvalue weighted by molar-refractivity contribution is 6.00. The number of allylic oxidation sites excluding steroid dienone is 1. The Bertz CT molecular complexity index is 842. The molecule has 0 saturated heterocycles. The number of hydrogen-bond donors (Lipinski definition) is 3. The van der Waals surface area contributed by atoms with Crippen LogP contribution in [-0.2, 0) is 4.79 Å². The molecule has 0 unspecified atom stereocenters. The third kappa shape index (κ3) is 2.27. The fraction of sp³-hybridized carbons (Fsp3) is 0.312. The quantitative estimate of drug-likeness (QED) is 0.771. The van der Waals surface area contributed by atoms with E-state index in [0.717, 1.165) is 24.1 Å². The van der Waals surface area contributed by atoms with Crippen molar-refractivity contribution in [2.24, 2.45) is 0 Å². The minimum atomic E-state index is -0.453. The third-order valence-corrected chi connectivity index (χ3v) is 4.32. The zero-order valence-corrected chi connectivity index (χ0v) is 13.0. The Labute approximate surface area is 137 Å². The van der Waals surface area contributed by atoms with Gasteiger partial charge in [-0.05, 0) is 40.9 Å². The fourth-order valence-corrected chi connectivity index (χ4v) is 3.18. The van der Waals surface area contributed by atoms with Gasteiger partial charge in [0.1, 0.15) is 0 Å². The minimum Gasteiger partial charge on any atom is -0.504 e. The Balaban J connectivity index is 1.84. The summed E-state index contributed by atoms with van der Waals surface area (Å²) in [5.74, 6) is 1.34. The molecule has 1 aliphatic carbocycles. The maximum Gasteiger partial charge on any atom is 0.219 e. The molecular formula is C16H16N4O4. The lowest BCUT2D eigenvalue weighted by Crippen LogP contribution is -2.23. The summed E-state index contributed by atoms with van der Waals surface area (Å²) in [5.41, 5.74) is 2.19. The molecule has 4 rings (SSSR count). The molecule has 0 fully saturated rings. The lowest BCUT2D eigenvalue weighted by molar-refractivity contribution is -0.116. The van der Waals surface area contributed by atoms with Gasteiger partial charge in [0.15, 0.2) is 17.3 Å². The largest absolute Gasteiger partial charge is 0.504 e. The van der Waals surface area contributed by atoms with Crippen molar-refractivity contribution in [1.82, 2.24) is 10.3 Å². The van der Waals surface area contributed by atoms with E-state index >= 15 is 0 Å². The highest BCUT2D eigenvalue weighted by Gasteiger charge is 2.34. The summed E-state index contributed by atoms with van der Waals surface area (Å²) in [6.07, 6.45) is 2.02. The van der Waals surface area contributed by atoms with Crippen LogP contribution in [0, 0.1) is 0 Å². The maximum absolute atomic E-state index is 12.6. The molecule has 1 aromatic carbocycles. The van der Waals surface area contributed by atoms with E-state index < -0.39 is 6.04 Å². The molecule has 0 amide bonds. The number of benzene rings is 1. The Hall–Kier alpha value is -3.03. The lowest BCUT2D eigenvalue weighted by atomic mass is 9.86. The van der Waals surface area contributed by atoms with Crippen LogP contribution in [0.2, 0.25) is 0 Å². The second-order valence-corrected chi connectivity index (χ2v) is 5.76. The number of nitrogens with one attached hydrogen (secondary N) is 2. The van der Waals surface area contributed by atoms with E-state index in [0.29, 0.717) is 29.4 Å². The fourth-order valence-electron chi connectivity index (χ4n) is 3.18. The van der Waals surface area contributed by atoms with Gasteiger partial charge in [0.05, 0.1) is 13.2 Å². The van der Waals surface area contributed by atoms with Gasteiger partial charge in [0, 0.05) is 17.7 Å². The topological polar surface area (TPSA) is 110 Å². The first-order valence-electron chi connectivity index (χ1n) is 7.66. The van der Waals surface area contributed by atoms with Crippen LogP contribution in [0.15, 0.2) is 34.1 Å². The number of carbonyl (C=O) groups excluding carboxylic acids is 1. The Morgan fingerprint density at radius 2 is 2.12 bits per heavy atom. The second kappa shape index (κ2) is 5.55. The van der Waals surface area contributed by atoms with Crippen molar-refractivity contribution < 1.29 is 19.3 Å². The summed E-state index contributed by atoms with van der Waals surface area (Å²) >= 11 is 0. The van der Waals surface area contributed by atoms with E-state index in [1.807, 2.05) is 0 Å². The van der Waals surface area contributed by atoms with Gasteiger partial charge >= 0.3 is 0 Å². The van der Waals surface area contributed by atoms with Crippen LogP contribution >= 0.6 is 0 Å². The number of Topliss-reactive ketones (excluding diaryl/α,β-unsaturated/α-hetero) is 1. The Kier molecular flexibility index (Phi) is 3.37. The van der Waals surface area contributed by atoms with Crippen LogP contribution in [0.25, 0.3) is 0 Å². The summed E-state index contributed by atoms with van der Waals surface area (Å²) in [6, 6.07) is 4.60. The van der Waals surface area contributed by atoms with E-state index in [2.05, 4.69) is 20.9 Å². The number of ketones is 1. The highest BCUT2D eigenvalue weighted by atomic mass is 16.6. The van der Waals surface area contributed by atoms with E-state index in [1.165, 1.54) is 7.11 Å². The molecule has 2 heterocycles. The molecule has 124 valence electrons. The van der Waals surface area contributed by atoms with Gasteiger partial charge in [-0.1, -0.05) is 6.07 Å². The first-order chi connectivity index (χ1) is 11.7. The van der Waals surface area contributed by atoms with Crippen LogP contribution in [0.1, 0.15) is 30.9 Å². The average Bonchev–Trinajstić information content (AvgIpc) is 2.94. The number of nitrogens with zero attached hydrogens (tertiary/aromatic N) is 2. The van der Waals surface area contributed by atoms with E-state index in [4.69, 9.17) is 9.37 Å². The monoisotopic (exact) mass is 328 g/mol. The number of methoxy groups -OCH3 is 1. The summed E-state index contributed by atoms with van der Waals surface area (Å²) in [7, 11) is 1.49. The zero-order valence-electron chi connectivity index (χ0n) is 13.0. The number of phenols is 1. The van der Waals surface area contributed by atoms with Gasteiger partial charge in [-0.2, -0.15) is 0 Å². The van der Waals surface area contributed by atoms with E-state index in [9.17, 15) is 9.90 Å². The molecule has 1 aliphatic heterocycles. The Morgan fingerprint density at radius 1 is 1.29 bits per heavy atom. The van der Waals surface area contributed by atoms with Crippen molar-refractivity contribution in [2.75, 3.05) is 17.7 Å². The first kappa shape index (κ1) is 14.6. The van der Waals surface area contributed by atoms with Gasteiger partial charge in [0.2, 0.25) is 11.6 Å². The van der Waals surface area contributed by atoms with E-state index in [1.54, 1.807) is 18.2 Å². The van der Waals surface area contributed by atoms with Crippen LogP contribution in [0.5, 0.6) is 11.5 Å². The minimum absolute atomic E-state index is 0.0120. The average molecular weight is 328 g/mol. The summed E-state index contributed by atoms with van der Waals surface area (Å²) in [5, 5.41) is 24.1. The van der Waals surface area contributed by atoms with Crippen LogP contribution in [0.3, 0.4) is 0 Å². The van der Waals surface area contributed by atoms with Gasteiger partial charge in [-0.25, -0.2) is 4.63 Å². The number of anilines is 2. The van der Waals surface area contributed by atoms with Crippen molar-refractivity contribution in [3.05, 3.63) is 35.0 Å². The zero-order chi connectivity index (χ0) is 16.7. The number of phenolic OH excluding ortho intramolecular Hbond substituents is 1. The molecule has 8 heteroatoms. The first-order valence-corrected chi connectivity index (χ1v) is 7.66. The molecule has 24 heavy (non-hydrogen) atoms. The van der Waals surface area contributed by atoms with E-state index in [-0.39, 0.29) is 11.5 Å². The normalized spacial score (nSPS) is 19.7. The van der Waals surface area contributed by atoms with Crippen molar-refractivity contribution in [2.45, 2.75) is 25.3 Å². The molecule has 3 N–H and O–H groups in total. The molecule has 1 aromatic heterocycles. The summed E-state index contributed by atoms with van der Waals surface area (Å²) in [4.78, 5) is 12.6. The Morgan fingerprint density at radius 3 is 2.92 bits per heavy atom. The predicted molar refractivity (Wildman–Crippen MR) is 84.8 cm³/mol. The smallest absolute Gasteiger partial charge is 0.219 e. The SMILES string of the molecule is COc1ccc([C@H]2Nc3nonc3NC3=C2C(=O)CCC3)cc1O. The molecule has 0 radical (unpaired) electrons. The molecule has 2 aliphatic rings. The molecule has 2 aromatic rings. The van der Waals surface area contributed by atoms with Crippen molar-refractivity contribution >= 4 is 17.4 Å². The standard InChI is InChI=1S/C16H16N4O4/c1-23-12-6-5-8(7-11(12)22)14-13-9(3-2-4-10(13)21)17-15-16(18-14)20-24-19-15/h5-7,14,22H,2-4H2,1H3,(H,17,19)(H,18,20)/t14-/m1/s1. The van der Waals surface area contributed by atoms with Crippen LogP contribution < -0.4 is 15.4 Å². The predicted octanol–water partition coefficient (Wildman–Crippen LogP) is 2.37. The molecule has 0 bridgehead atoms. The lowest BCUT2D eigenvalue weighted by Gasteiger charge is -2.25. The van der Waals surface area contributed by atoms with Crippen molar-refractivity contribution in [1.29, 1.82) is 0 Å². The molecular weight excluding hydrogens is 312 g/mol. The number of aromatic nitrogens is 2. The van der Waals surface area contributed by atoms with Crippen molar-refractivity contribution in [3.63, 3.8) is 0 Å². The van der Waals surface area contributed by atoms with Gasteiger partial charge in [0.25, 0.3) is 0 Å². The van der Waals surface area contributed by atoms with Gasteiger partial charge in [-0.15, -0.1) is 0 Å². The number of rotatable bonds is 2. The number of ether oxygens (including phenoxy) is 1. The molecule has 8 nitrogen and oxygen atoms in total. The summed E-state index contributed by atoms with van der Waals surface area (Å²) < 4.78 is 9.86. The van der Waals surface area contributed by atoms with Crippen LogP contribution in [-0.4, -0.2) is 28.3 Å². The maximum atomic E-state index is 12.6. The highest BCUT2D eigenvalue weighted by Crippen LogP contribution is 2.40. The second-order valence-electron chi connectivity index (χ2n) is 5.76. The molecule has 0 saturated carbocycles. The molecule has 1 atom stereocenters. The number of hydrogen-bond acceptors (Lipinski definition) is 8. The summed E-state index contributed by atoms with van der Waals surface area (Å²) in [6.45, 7) is 0. The van der Waals surface area contributed by atoms with Gasteiger partial charge in [-0.3, -0.25) is 4.79 Å². The van der Waals surface area contributed by atoms with Gasteiger partial charge < -0.3 is 20.5 Å². The van der Waals surface area contributed by atoms with Crippen LogP contribution in [0.4, 0.5) is 11.6 Å². The number of carbonyl (C=O) groups is 1. The number of aromatic hydroxyl groups is 1. The third-order valence-electron chi connectivity index (χ3n) is 4.32. The number of fused-ring (bicyclic) bond motifs is 1.